The van der Waals surface area contributed by atoms with E-state index in [0.29, 0.717) is 0 Å². The van der Waals surface area contributed by atoms with Crippen LogP contribution in [0.15, 0.2) is 170 Å². The van der Waals surface area contributed by atoms with Gasteiger partial charge in [-0.3, -0.25) is 0 Å². The molecule has 0 aromatic heterocycles. The molecule has 0 aliphatic heterocycles. The Bertz CT molecular complexity index is 3020. The summed E-state index contributed by atoms with van der Waals surface area (Å²) in [5, 5.41) is 0. The summed E-state index contributed by atoms with van der Waals surface area (Å²) in [4.78, 5) is 2.42. The number of para-hydroxylation sites is 1. The lowest BCUT2D eigenvalue weighted by atomic mass is 9.75. The number of rotatable bonds is 5. The van der Waals surface area contributed by atoms with Gasteiger partial charge in [0.2, 0.25) is 0 Å². The van der Waals surface area contributed by atoms with E-state index in [1.165, 1.54) is 83.5 Å². The molecule has 3 aliphatic rings. The van der Waals surface area contributed by atoms with E-state index in [9.17, 15) is 0 Å². The maximum Gasteiger partial charge on any atom is 0.0465 e. The molecule has 0 saturated heterocycles. The lowest BCUT2D eigenvalue weighted by molar-refractivity contribution is 0.660. The van der Waals surface area contributed by atoms with Crippen LogP contribution < -0.4 is 10.6 Å². The molecule has 2 heteroatoms. The zero-order valence-electron chi connectivity index (χ0n) is 34.7. The standard InChI is InChI=1S/C57H48N2/c1-55(2)47-23-15-13-21-39(47)41-27-25-37(33-49(41)55)59(36-19-11-8-12-20-36)38-26-28-42-45-31-32-46(54(58)53(45)57(5,6)50(42)34-38)43-29-30-44-40-22-14-16-24-48(40)56(3,4)52(44)51(43)35-17-9-7-10-18-35/h7-34H,58H2,1-6H3. The minimum Gasteiger partial charge on any atom is -0.398 e. The molecule has 0 amide bonds. The predicted octanol–water partition coefficient (Wildman–Crippen LogP) is 15.0. The molecule has 0 atom stereocenters. The highest BCUT2D eigenvalue weighted by atomic mass is 15.1. The minimum atomic E-state index is -0.343. The van der Waals surface area contributed by atoms with Gasteiger partial charge < -0.3 is 10.6 Å². The number of fused-ring (bicyclic) bond motifs is 9. The van der Waals surface area contributed by atoms with Crippen molar-refractivity contribution in [2.45, 2.75) is 57.8 Å². The minimum absolute atomic E-state index is 0.0972. The van der Waals surface area contributed by atoms with Gasteiger partial charge in [0.05, 0.1) is 0 Å². The Hall–Kier alpha value is -6.64. The molecule has 0 heterocycles. The van der Waals surface area contributed by atoms with Crippen LogP contribution in [0.3, 0.4) is 0 Å². The summed E-state index contributed by atoms with van der Waals surface area (Å²) in [6.07, 6.45) is 0. The number of anilines is 4. The van der Waals surface area contributed by atoms with Crippen molar-refractivity contribution in [2.24, 2.45) is 0 Å². The zero-order chi connectivity index (χ0) is 40.4. The quantitative estimate of drug-likeness (QED) is 0.177. The van der Waals surface area contributed by atoms with Gasteiger partial charge in [-0.05, 0) is 120 Å². The Morgan fingerprint density at radius 3 is 1.41 bits per heavy atom. The first-order valence-electron chi connectivity index (χ1n) is 21.0. The third-order valence-electron chi connectivity index (χ3n) is 14.0. The van der Waals surface area contributed by atoms with Crippen molar-refractivity contribution in [3.05, 3.63) is 203 Å². The Kier molecular flexibility index (Phi) is 7.48. The summed E-state index contributed by atoms with van der Waals surface area (Å²) in [5.74, 6) is 0. The molecule has 2 nitrogen and oxygen atoms in total. The fraction of sp³-hybridized carbons (Fsp3) is 0.158. The fourth-order valence-electron chi connectivity index (χ4n) is 11.2. The van der Waals surface area contributed by atoms with Crippen LogP contribution in [0.5, 0.6) is 0 Å². The van der Waals surface area contributed by atoms with Crippen LogP contribution in [0.1, 0.15) is 74.9 Å². The van der Waals surface area contributed by atoms with Gasteiger partial charge in [-0.15, -0.1) is 0 Å². The molecule has 11 rings (SSSR count). The van der Waals surface area contributed by atoms with Gasteiger partial charge in [0.1, 0.15) is 0 Å². The van der Waals surface area contributed by atoms with Crippen molar-refractivity contribution in [3.8, 4) is 55.6 Å². The van der Waals surface area contributed by atoms with E-state index in [1.54, 1.807) is 0 Å². The lowest BCUT2D eigenvalue weighted by Gasteiger charge is -2.30. The highest BCUT2D eigenvalue weighted by Gasteiger charge is 2.42. The van der Waals surface area contributed by atoms with Crippen molar-refractivity contribution in [1.29, 1.82) is 0 Å². The van der Waals surface area contributed by atoms with Gasteiger partial charge in [0.25, 0.3) is 0 Å². The van der Waals surface area contributed by atoms with Gasteiger partial charge in [-0.1, -0.05) is 175 Å². The molecular weight excluding hydrogens is 713 g/mol. The molecule has 0 fully saturated rings. The number of nitrogens with two attached hydrogens (primary N) is 1. The number of benzene rings is 8. The number of nitrogens with zero attached hydrogens (tertiary/aromatic N) is 1. The average molecular weight is 761 g/mol. The summed E-state index contributed by atoms with van der Waals surface area (Å²) in [6.45, 7) is 14.2. The lowest BCUT2D eigenvalue weighted by Crippen LogP contribution is -2.19. The maximum absolute atomic E-state index is 7.55. The van der Waals surface area contributed by atoms with Gasteiger partial charge in [0, 0.05) is 44.6 Å². The molecular formula is C57H48N2. The molecule has 2 N–H and O–H groups in total. The number of hydrogen-bond acceptors (Lipinski definition) is 2. The van der Waals surface area contributed by atoms with Crippen LogP contribution in [0.2, 0.25) is 0 Å². The maximum atomic E-state index is 7.55. The SMILES string of the molecule is CC1(C)c2ccccc2-c2ccc(N(c3ccccc3)c3ccc4c(c3)C(C)(C)c3c-4ccc(-c4ccc5c(c4-c4ccccc4)C(C)(C)c4ccccc4-5)c3N)cc21. The second-order valence-electron chi connectivity index (χ2n) is 18.3. The highest BCUT2D eigenvalue weighted by molar-refractivity contribution is 6.01. The van der Waals surface area contributed by atoms with Crippen molar-refractivity contribution < 1.29 is 0 Å². The molecule has 0 saturated carbocycles. The van der Waals surface area contributed by atoms with Gasteiger partial charge in [0.15, 0.2) is 0 Å². The van der Waals surface area contributed by atoms with E-state index in [2.05, 4.69) is 216 Å². The van der Waals surface area contributed by atoms with Gasteiger partial charge >= 0.3 is 0 Å². The normalized spacial score (nSPS) is 15.4. The van der Waals surface area contributed by atoms with E-state index < -0.39 is 0 Å². The van der Waals surface area contributed by atoms with Crippen molar-refractivity contribution >= 4 is 22.7 Å². The first-order chi connectivity index (χ1) is 28.5. The Labute approximate surface area is 348 Å². The zero-order valence-corrected chi connectivity index (χ0v) is 34.7. The highest BCUT2D eigenvalue weighted by Crippen LogP contribution is 2.58. The summed E-state index contributed by atoms with van der Waals surface area (Å²) in [6, 6.07) is 62.8. The van der Waals surface area contributed by atoms with Crippen LogP contribution in [0, 0.1) is 0 Å². The van der Waals surface area contributed by atoms with Crippen LogP contribution in [0.4, 0.5) is 22.7 Å². The Balaban J connectivity index is 1.05. The fourth-order valence-corrected chi connectivity index (χ4v) is 11.2. The molecule has 59 heavy (non-hydrogen) atoms. The summed E-state index contributed by atoms with van der Waals surface area (Å²) >= 11 is 0. The molecule has 286 valence electrons. The van der Waals surface area contributed by atoms with Crippen LogP contribution in [-0.4, -0.2) is 0 Å². The molecule has 8 aromatic carbocycles. The first kappa shape index (κ1) is 35.5. The summed E-state index contributed by atoms with van der Waals surface area (Å²) in [5.41, 5.74) is 31.7. The van der Waals surface area contributed by atoms with Crippen LogP contribution >= 0.6 is 0 Å². The largest absolute Gasteiger partial charge is 0.398 e. The van der Waals surface area contributed by atoms with Crippen molar-refractivity contribution in [3.63, 3.8) is 0 Å². The van der Waals surface area contributed by atoms with Gasteiger partial charge in [-0.2, -0.15) is 0 Å². The molecule has 0 unspecified atom stereocenters. The first-order valence-corrected chi connectivity index (χ1v) is 21.0. The van der Waals surface area contributed by atoms with E-state index in [0.717, 1.165) is 28.3 Å². The molecule has 0 radical (unpaired) electrons. The van der Waals surface area contributed by atoms with Crippen molar-refractivity contribution in [2.75, 3.05) is 10.6 Å². The van der Waals surface area contributed by atoms with E-state index in [4.69, 9.17) is 5.73 Å². The predicted molar refractivity (Wildman–Crippen MR) is 249 cm³/mol. The molecule has 3 aliphatic carbocycles. The third kappa shape index (κ3) is 4.93. The van der Waals surface area contributed by atoms with Crippen LogP contribution in [0.25, 0.3) is 55.6 Å². The average Bonchev–Trinajstić information content (AvgIpc) is 3.74. The molecule has 8 aromatic rings. The second kappa shape index (κ2) is 12.4. The monoisotopic (exact) mass is 760 g/mol. The number of hydrogen-bond donors (Lipinski definition) is 1. The van der Waals surface area contributed by atoms with Crippen LogP contribution in [-0.2, 0) is 16.2 Å². The van der Waals surface area contributed by atoms with E-state index in [1.807, 2.05) is 0 Å². The molecule has 0 bridgehead atoms. The molecule has 0 spiro atoms. The topological polar surface area (TPSA) is 29.3 Å². The van der Waals surface area contributed by atoms with Crippen molar-refractivity contribution in [1.82, 2.24) is 0 Å². The summed E-state index contributed by atoms with van der Waals surface area (Å²) < 4.78 is 0. The third-order valence-corrected chi connectivity index (χ3v) is 14.0. The Morgan fingerprint density at radius 1 is 0.339 bits per heavy atom. The number of nitrogen functional groups attached to an aromatic ring is 1. The smallest absolute Gasteiger partial charge is 0.0465 e. The Morgan fingerprint density at radius 2 is 0.763 bits per heavy atom. The second-order valence-corrected chi connectivity index (χ2v) is 18.3. The van der Waals surface area contributed by atoms with E-state index >= 15 is 0 Å². The summed E-state index contributed by atoms with van der Waals surface area (Å²) in [7, 11) is 0. The van der Waals surface area contributed by atoms with E-state index in [-0.39, 0.29) is 16.2 Å². The van der Waals surface area contributed by atoms with Gasteiger partial charge in [-0.25, -0.2) is 0 Å².